The Morgan fingerprint density at radius 2 is 2.24 bits per heavy atom. The fourth-order valence-corrected chi connectivity index (χ4v) is 2.13. The van der Waals surface area contributed by atoms with Gasteiger partial charge < -0.3 is 10.1 Å². The van der Waals surface area contributed by atoms with Gasteiger partial charge in [-0.15, -0.1) is 0 Å². The molecule has 2 rings (SSSR count). The number of para-hydroxylation sites is 1. The SMILES string of the molecule is CCNC(C)c1ccccc1N1CCOC1=O. The second-order valence-electron chi connectivity index (χ2n) is 4.10. The maximum Gasteiger partial charge on any atom is 0.414 e. The van der Waals surface area contributed by atoms with Crippen LogP contribution in [0.15, 0.2) is 24.3 Å². The summed E-state index contributed by atoms with van der Waals surface area (Å²) in [6.45, 7) is 6.18. The Bertz CT molecular complexity index is 406. The number of cyclic esters (lactones) is 1. The molecule has 0 saturated carbocycles. The van der Waals surface area contributed by atoms with E-state index < -0.39 is 0 Å². The number of rotatable bonds is 4. The zero-order chi connectivity index (χ0) is 12.3. The summed E-state index contributed by atoms with van der Waals surface area (Å²) in [5, 5.41) is 3.36. The van der Waals surface area contributed by atoms with Gasteiger partial charge in [0.05, 0.1) is 12.2 Å². The van der Waals surface area contributed by atoms with Gasteiger partial charge in [-0.25, -0.2) is 4.79 Å². The van der Waals surface area contributed by atoms with Gasteiger partial charge in [-0.05, 0) is 25.1 Å². The number of ether oxygens (including phenoxy) is 1. The fraction of sp³-hybridized carbons (Fsp3) is 0.462. The molecule has 1 aliphatic heterocycles. The largest absolute Gasteiger partial charge is 0.447 e. The van der Waals surface area contributed by atoms with E-state index in [9.17, 15) is 4.79 Å². The molecule has 1 amide bonds. The van der Waals surface area contributed by atoms with Crippen molar-refractivity contribution >= 4 is 11.8 Å². The van der Waals surface area contributed by atoms with Crippen LogP contribution in [0.4, 0.5) is 10.5 Å². The van der Waals surface area contributed by atoms with Crippen LogP contribution in [0, 0.1) is 0 Å². The standard InChI is InChI=1S/C13H18N2O2/c1-3-14-10(2)11-6-4-5-7-12(11)15-8-9-17-13(15)16/h4-7,10,14H,3,8-9H2,1-2H3. The molecule has 1 saturated heterocycles. The minimum absolute atomic E-state index is 0.226. The van der Waals surface area contributed by atoms with Crippen molar-refractivity contribution in [2.45, 2.75) is 19.9 Å². The molecule has 1 fully saturated rings. The molecule has 4 nitrogen and oxygen atoms in total. The third-order valence-electron chi connectivity index (χ3n) is 2.97. The second kappa shape index (κ2) is 5.19. The van der Waals surface area contributed by atoms with E-state index in [0.29, 0.717) is 13.2 Å². The first-order valence-electron chi connectivity index (χ1n) is 6.00. The number of nitrogens with one attached hydrogen (secondary N) is 1. The summed E-state index contributed by atoms with van der Waals surface area (Å²) >= 11 is 0. The Morgan fingerprint density at radius 1 is 1.47 bits per heavy atom. The van der Waals surface area contributed by atoms with E-state index in [1.54, 1.807) is 4.90 Å². The minimum atomic E-state index is -0.249. The predicted octanol–water partition coefficient (Wildman–Crippen LogP) is 2.31. The molecule has 4 heteroatoms. The molecular formula is C13H18N2O2. The maximum atomic E-state index is 11.6. The van der Waals surface area contributed by atoms with Gasteiger partial charge in [-0.2, -0.15) is 0 Å². The van der Waals surface area contributed by atoms with Crippen molar-refractivity contribution in [1.29, 1.82) is 0 Å². The summed E-state index contributed by atoms with van der Waals surface area (Å²) in [5.74, 6) is 0. The zero-order valence-electron chi connectivity index (χ0n) is 10.3. The van der Waals surface area contributed by atoms with Crippen LogP contribution >= 0.6 is 0 Å². The van der Waals surface area contributed by atoms with E-state index in [2.05, 4.69) is 19.2 Å². The van der Waals surface area contributed by atoms with Crippen LogP contribution < -0.4 is 10.2 Å². The second-order valence-corrected chi connectivity index (χ2v) is 4.10. The number of carbonyl (C=O) groups excluding carboxylic acids is 1. The normalized spacial score (nSPS) is 17.1. The highest BCUT2D eigenvalue weighted by atomic mass is 16.6. The molecule has 1 heterocycles. The Hall–Kier alpha value is -1.55. The first kappa shape index (κ1) is 11.9. The van der Waals surface area contributed by atoms with E-state index in [-0.39, 0.29) is 12.1 Å². The number of nitrogens with zero attached hydrogens (tertiary/aromatic N) is 1. The third kappa shape index (κ3) is 2.42. The van der Waals surface area contributed by atoms with E-state index in [1.807, 2.05) is 24.3 Å². The van der Waals surface area contributed by atoms with Crippen LogP contribution in [0.3, 0.4) is 0 Å². The van der Waals surface area contributed by atoms with Crippen LogP contribution in [0.1, 0.15) is 25.5 Å². The van der Waals surface area contributed by atoms with Crippen LogP contribution in [-0.4, -0.2) is 25.8 Å². The smallest absolute Gasteiger partial charge is 0.414 e. The maximum absolute atomic E-state index is 11.6. The molecule has 0 radical (unpaired) electrons. The van der Waals surface area contributed by atoms with Gasteiger partial charge in [-0.3, -0.25) is 4.90 Å². The van der Waals surface area contributed by atoms with Crippen molar-refractivity contribution in [1.82, 2.24) is 5.32 Å². The highest BCUT2D eigenvalue weighted by Crippen LogP contribution is 2.28. The molecule has 17 heavy (non-hydrogen) atoms. The van der Waals surface area contributed by atoms with Crippen molar-refractivity contribution < 1.29 is 9.53 Å². The molecule has 0 aliphatic carbocycles. The van der Waals surface area contributed by atoms with Crippen LogP contribution in [0.25, 0.3) is 0 Å². The molecular weight excluding hydrogens is 216 g/mol. The Kier molecular flexibility index (Phi) is 3.64. The van der Waals surface area contributed by atoms with Gasteiger partial charge in [0.2, 0.25) is 0 Å². The highest BCUT2D eigenvalue weighted by Gasteiger charge is 2.26. The number of hydrogen-bond acceptors (Lipinski definition) is 3. The van der Waals surface area contributed by atoms with E-state index in [1.165, 1.54) is 0 Å². The molecule has 1 aromatic rings. The van der Waals surface area contributed by atoms with Gasteiger partial charge in [0, 0.05) is 6.04 Å². The lowest BCUT2D eigenvalue weighted by molar-refractivity contribution is 0.181. The molecule has 0 aromatic heterocycles. The minimum Gasteiger partial charge on any atom is -0.447 e. The Labute approximate surface area is 102 Å². The van der Waals surface area contributed by atoms with E-state index in [0.717, 1.165) is 17.8 Å². The number of carbonyl (C=O) groups is 1. The fourth-order valence-electron chi connectivity index (χ4n) is 2.13. The molecule has 0 bridgehead atoms. The van der Waals surface area contributed by atoms with Crippen LogP contribution in [0.2, 0.25) is 0 Å². The van der Waals surface area contributed by atoms with Crippen LogP contribution in [0.5, 0.6) is 0 Å². The molecule has 1 aliphatic rings. The molecule has 1 N–H and O–H groups in total. The van der Waals surface area contributed by atoms with Crippen LogP contribution in [-0.2, 0) is 4.74 Å². The van der Waals surface area contributed by atoms with Crippen molar-refractivity contribution in [3.63, 3.8) is 0 Å². The summed E-state index contributed by atoms with van der Waals surface area (Å²) < 4.78 is 4.98. The highest BCUT2D eigenvalue weighted by molar-refractivity contribution is 5.90. The third-order valence-corrected chi connectivity index (χ3v) is 2.97. The lowest BCUT2D eigenvalue weighted by atomic mass is 10.1. The van der Waals surface area contributed by atoms with E-state index in [4.69, 9.17) is 4.74 Å². The molecule has 0 spiro atoms. The summed E-state index contributed by atoms with van der Waals surface area (Å²) in [6, 6.07) is 8.19. The number of anilines is 1. The number of benzene rings is 1. The summed E-state index contributed by atoms with van der Waals surface area (Å²) in [6.07, 6.45) is -0.249. The quantitative estimate of drug-likeness (QED) is 0.869. The van der Waals surface area contributed by atoms with Crippen molar-refractivity contribution in [3.05, 3.63) is 29.8 Å². The average molecular weight is 234 g/mol. The molecule has 1 unspecified atom stereocenters. The van der Waals surface area contributed by atoms with Gasteiger partial charge >= 0.3 is 6.09 Å². The lowest BCUT2D eigenvalue weighted by Gasteiger charge is -2.21. The van der Waals surface area contributed by atoms with Gasteiger partial charge in [0.15, 0.2) is 0 Å². The Morgan fingerprint density at radius 3 is 2.88 bits per heavy atom. The number of amides is 1. The zero-order valence-corrected chi connectivity index (χ0v) is 10.3. The molecule has 92 valence electrons. The average Bonchev–Trinajstić information content (AvgIpc) is 2.76. The predicted molar refractivity (Wildman–Crippen MR) is 67.2 cm³/mol. The van der Waals surface area contributed by atoms with Crippen molar-refractivity contribution in [3.8, 4) is 0 Å². The topological polar surface area (TPSA) is 41.6 Å². The summed E-state index contributed by atoms with van der Waals surface area (Å²) in [5.41, 5.74) is 2.08. The monoisotopic (exact) mass is 234 g/mol. The Balaban J connectivity index is 2.30. The first-order chi connectivity index (χ1) is 8.24. The summed E-state index contributed by atoms with van der Waals surface area (Å²) in [4.78, 5) is 13.3. The summed E-state index contributed by atoms with van der Waals surface area (Å²) in [7, 11) is 0. The number of hydrogen-bond donors (Lipinski definition) is 1. The van der Waals surface area contributed by atoms with Crippen molar-refractivity contribution in [2.24, 2.45) is 0 Å². The van der Waals surface area contributed by atoms with Crippen molar-refractivity contribution in [2.75, 3.05) is 24.6 Å². The molecule has 1 atom stereocenters. The molecule has 1 aromatic carbocycles. The van der Waals surface area contributed by atoms with Gasteiger partial charge in [0.1, 0.15) is 6.61 Å². The van der Waals surface area contributed by atoms with Gasteiger partial charge in [-0.1, -0.05) is 25.1 Å². The first-order valence-corrected chi connectivity index (χ1v) is 6.00. The lowest BCUT2D eigenvalue weighted by Crippen LogP contribution is -2.27. The van der Waals surface area contributed by atoms with Gasteiger partial charge in [0.25, 0.3) is 0 Å². The van der Waals surface area contributed by atoms with E-state index >= 15 is 0 Å².